The normalized spacial score (nSPS) is 10.8. The van der Waals surface area contributed by atoms with Gasteiger partial charge in [-0.2, -0.15) is 0 Å². The zero-order chi connectivity index (χ0) is 7.98. The zero-order valence-corrected chi connectivity index (χ0v) is 11.0. The molecule has 0 aliphatic heterocycles. The quantitative estimate of drug-likeness (QED) is 0.845. The second-order valence-electron chi connectivity index (χ2n) is 2.59. The lowest BCUT2D eigenvalue weighted by Crippen LogP contribution is -2.11. The minimum Gasteiger partial charge on any atom is -0.481 e. The summed E-state index contributed by atoms with van der Waals surface area (Å²) in [4.78, 5) is 10.4. The van der Waals surface area contributed by atoms with Crippen LogP contribution >= 0.6 is 34.0 Å². The van der Waals surface area contributed by atoms with Gasteiger partial charge >= 0.3 is 5.97 Å². The standard InChI is InChI=1S/C8H16O2.2BrH/c1-3-5-6-7(4-2)8(9)10;;/h7H,3-6H2,1-2H3,(H,9,10);2*1H. The summed E-state index contributed by atoms with van der Waals surface area (Å²) in [5.41, 5.74) is 0. The fourth-order valence-corrected chi connectivity index (χ4v) is 0.953. The van der Waals surface area contributed by atoms with Crippen LogP contribution in [-0.2, 0) is 4.79 Å². The number of halogens is 2. The van der Waals surface area contributed by atoms with Crippen molar-refractivity contribution in [3.05, 3.63) is 0 Å². The molecule has 0 aromatic heterocycles. The summed E-state index contributed by atoms with van der Waals surface area (Å²) in [5, 5.41) is 8.60. The third-order valence-corrected chi connectivity index (χ3v) is 1.75. The number of aliphatic carboxylic acids is 1. The largest absolute Gasteiger partial charge is 0.481 e. The molecule has 0 amide bonds. The van der Waals surface area contributed by atoms with E-state index in [1.807, 2.05) is 6.92 Å². The molecule has 0 radical (unpaired) electrons. The first-order chi connectivity index (χ1) is 4.72. The highest BCUT2D eigenvalue weighted by molar-refractivity contribution is 8.93. The molecule has 0 heterocycles. The summed E-state index contributed by atoms with van der Waals surface area (Å²) in [6.45, 7) is 4.00. The number of carboxylic acids is 1. The summed E-state index contributed by atoms with van der Waals surface area (Å²) in [6.07, 6.45) is 3.71. The van der Waals surface area contributed by atoms with E-state index in [1.165, 1.54) is 0 Å². The maximum Gasteiger partial charge on any atom is 0.306 e. The van der Waals surface area contributed by atoms with E-state index in [-0.39, 0.29) is 39.9 Å². The van der Waals surface area contributed by atoms with Crippen molar-refractivity contribution in [2.75, 3.05) is 0 Å². The Kier molecular flexibility index (Phi) is 17.4. The summed E-state index contributed by atoms with van der Waals surface area (Å²) in [5.74, 6) is -0.754. The number of hydrogen-bond acceptors (Lipinski definition) is 1. The lowest BCUT2D eigenvalue weighted by Gasteiger charge is -2.06. The molecule has 1 atom stereocenters. The number of hydrogen-bond donors (Lipinski definition) is 1. The van der Waals surface area contributed by atoms with Crippen LogP contribution in [0.3, 0.4) is 0 Å². The molecule has 76 valence electrons. The summed E-state index contributed by atoms with van der Waals surface area (Å²) in [6, 6.07) is 0. The van der Waals surface area contributed by atoms with E-state index in [2.05, 4.69) is 6.92 Å². The van der Waals surface area contributed by atoms with Crippen LogP contribution in [0, 0.1) is 5.92 Å². The van der Waals surface area contributed by atoms with Crippen LogP contribution in [0.1, 0.15) is 39.5 Å². The number of carbonyl (C=O) groups is 1. The SMILES string of the molecule is Br.Br.CCCCC(CC)C(=O)O. The van der Waals surface area contributed by atoms with Gasteiger partial charge in [0.1, 0.15) is 0 Å². The molecular formula is C8H18Br2O2. The van der Waals surface area contributed by atoms with Crippen molar-refractivity contribution < 1.29 is 9.90 Å². The molecule has 1 N–H and O–H groups in total. The first-order valence-electron chi connectivity index (χ1n) is 3.95. The minimum atomic E-state index is -0.643. The third kappa shape index (κ3) is 8.53. The van der Waals surface area contributed by atoms with Crippen LogP contribution in [0.15, 0.2) is 0 Å². The molecule has 4 heteroatoms. The lowest BCUT2D eigenvalue weighted by atomic mass is 10.00. The molecule has 0 aliphatic carbocycles. The van der Waals surface area contributed by atoms with E-state index in [0.29, 0.717) is 0 Å². The Morgan fingerprint density at radius 3 is 2.08 bits per heavy atom. The summed E-state index contributed by atoms with van der Waals surface area (Å²) >= 11 is 0. The molecule has 0 aromatic carbocycles. The Morgan fingerprint density at radius 1 is 1.33 bits per heavy atom. The second kappa shape index (κ2) is 11.4. The van der Waals surface area contributed by atoms with Gasteiger partial charge in [-0.15, -0.1) is 34.0 Å². The average molecular weight is 306 g/mol. The molecule has 12 heavy (non-hydrogen) atoms. The highest BCUT2D eigenvalue weighted by Crippen LogP contribution is 2.11. The van der Waals surface area contributed by atoms with Gasteiger partial charge in [0.2, 0.25) is 0 Å². The van der Waals surface area contributed by atoms with Gasteiger partial charge in [-0.25, -0.2) is 0 Å². The van der Waals surface area contributed by atoms with Crippen LogP contribution < -0.4 is 0 Å². The fourth-order valence-electron chi connectivity index (χ4n) is 0.953. The van der Waals surface area contributed by atoms with Gasteiger partial charge in [0.15, 0.2) is 0 Å². The van der Waals surface area contributed by atoms with E-state index in [0.717, 1.165) is 25.7 Å². The first-order valence-corrected chi connectivity index (χ1v) is 3.95. The van der Waals surface area contributed by atoms with Gasteiger partial charge in [-0.05, 0) is 12.8 Å². The fraction of sp³-hybridized carbons (Fsp3) is 0.875. The maximum atomic E-state index is 10.4. The predicted octanol–water partition coefficient (Wildman–Crippen LogP) is 3.44. The van der Waals surface area contributed by atoms with Crippen LogP contribution in [0.2, 0.25) is 0 Å². The van der Waals surface area contributed by atoms with Crippen molar-refractivity contribution in [1.29, 1.82) is 0 Å². The van der Waals surface area contributed by atoms with Crippen molar-refractivity contribution in [3.8, 4) is 0 Å². The van der Waals surface area contributed by atoms with E-state index in [4.69, 9.17) is 5.11 Å². The molecule has 0 rings (SSSR count). The van der Waals surface area contributed by atoms with Crippen molar-refractivity contribution in [1.82, 2.24) is 0 Å². The summed E-state index contributed by atoms with van der Waals surface area (Å²) in [7, 11) is 0. The molecule has 0 spiro atoms. The average Bonchev–Trinajstić information content (AvgIpc) is 1.89. The monoisotopic (exact) mass is 304 g/mol. The summed E-state index contributed by atoms with van der Waals surface area (Å²) < 4.78 is 0. The first kappa shape index (κ1) is 18.3. The smallest absolute Gasteiger partial charge is 0.306 e. The molecule has 0 saturated heterocycles. The second-order valence-corrected chi connectivity index (χ2v) is 2.59. The van der Waals surface area contributed by atoms with Crippen LogP contribution in [0.25, 0.3) is 0 Å². The van der Waals surface area contributed by atoms with Crippen molar-refractivity contribution in [2.45, 2.75) is 39.5 Å². The Morgan fingerprint density at radius 2 is 1.83 bits per heavy atom. The Hall–Kier alpha value is 0.430. The lowest BCUT2D eigenvalue weighted by molar-refractivity contribution is -0.142. The van der Waals surface area contributed by atoms with E-state index >= 15 is 0 Å². The molecule has 0 bridgehead atoms. The number of rotatable bonds is 5. The third-order valence-electron chi connectivity index (χ3n) is 1.75. The van der Waals surface area contributed by atoms with Gasteiger partial charge in [0.05, 0.1) is 5.92 Å². The van der Waals surface area contributed by atoms with Crippen LogP contribution in [0.5, 0.6) is 0 Å². The molecular weight excluding hydrogens is 288 g/mol. The van der Waals surface area contributed by atoms with E-state index in [1.54, 1.807) is 0 Å². The number of unbranched alkanes of at least 4 members (excludes halogenated alkanes) is 1. The van der Waals surface area contributed by atoms with Gasteiger partial charge < -0.3 is 5.11 Å². The molecule has 0 fully saturated rings. The topological polar surface area (TPSA) is 37.3 Å². The van der Waals surface area contributed by atoms with Gasteiger partial charge in [-0.1, -0.05) is 26.7 Å². The molecule has 0 aromatic rings. The molecule has 1 unspecified atom stereocenters. The Bertz CT molecular complexity index is 107. The minimum absolute atomic E-state index is 0. The van der Waals surface area contributed by atoms with Crippen LogP contribution in [-0.4, -0.2) is 11.1 Å². The van der Waals surface area contributed by atoms with Crippen molar-refractivity contribution in [2.24, 2.45) is 5.92 Å². The number of carboxylic acid groups (broad SMARTS) is 1. The van der Waals surface area contributed by atoms with Crippen molar-refractivity contribution >= 4 is 39.9 Å². The van der Waals surface area contributed by atoms with Crippen LogP contribution in [0.4, 0.5) is 0 Å². The highest BCUT2D eigenvalue weighted by Gasteiger charge is 2.12. The highest BCUT2D eigenvalue weighted by atomic mass is 79.9. The van der Waals surface area contributed by atoms with Gasteiger partial charge in [0, 0.05) is 0 Å². The van der Waals surface area contributed by atoms with Gasteiger partial charge in [-0.3, -0.25) is 4.79 Å². The maximum absolute atomic E-state index is 10.4. The van der Waals surface area contributed by atoms with E-state index < -0.39 is 5.97 Å². The molecule has 0 saturated carbocycles. The molecule has 2 nitrogen and oxygen atoms in total. The zero-order valence-electron chi connectivity index (χ0n) is 7.58. The van der Waals surface area contributed by atoms with E-state index in [9.17, 15) is 4.79 Å². The Balaban J connectivity index is -0.000000405. The predicted molar refractivity (Wildman–Crippen MR) is 61.6 cm³/mol. The molecule has 0 aliphatic rings. The van der Waals surface area contributed by atoms with Crippen molar-refractivity contribution in [3.63, 3.8) is 0 Å². The Labute approximate surface area is 95.3 Å². The van der Waals surface area contributed by atoms with Gasteiger partial charge in [0.25, 0.3) is 0 Å².